The number of aliphatic hydroxyl groups is 1. The van der Waals surface area contributed by atoms with Crippen molar-refractivity contribution in [3.05, 3.63) is 51.6 Å². The Labute approximate surface area is 198 Å². The first-order valence-electron chi connectivity index (χ1n) is 11.1. The Kier molecular flexibility index (Phi) is 6.70. The number of nitro benzene ring substituents is 1. The van der Waals surface area contributed by atoms with Crippen LogP contribution in [0.15, 0.2) is 35.2 Å². The number of β-amino-alcohol motifs (C(OH)–C–C–N with tert-alkyl or cyclic N) is 1. The number of rotatable bonds is 6. The van der Waals surface area contributed by atoms with Gasteiger partial charge in [-0.15, -0.1) is 0 Å². The van der Waals surface area contributed by atoms with Gasteiger partial charge in [0, 0.05) is 43.4 Å². The van der Waals surface area contributed by atoms with Gasteiger partial charge in [0.1, 0.15) is 23.3 Å². The van der Waals surface area contributed by atoms with Crippen LogP contribution in [0.25, 0.3) is 0 Å². The van der Waals surface area contributed by atoms with E-state index in [4.69, 9.17) is 9.47 Å². The molecule has 1 N–H and O–H groups in total. The summed E-state index contributed by atoms with van der Waals surface area (Å²) in [6.07, 6.45) is 0.737. The fourth-order valence-corrected chi connectivity index (χ4v) is 6.47. The molecular formula is C23H29N3O7S. The third kappa shape index (κ3) is 4.30. The number of piperidine rings is 1. The molecule has 0 bridgehead atoms. The molecule has 2 aliphatic rings. The molecule has 0 unspecified atom stereocenters. The van der Waals surface area contributed by atoms with E-state index in [1.165, 1.54) is 30.7 Å². The molecule has 1 fully saturated rings. The van der Waals surface area contributed by atoms with E-state index in [0.717, 1.165) is 18.9 Å². The molecule has 2 heterocycles. The number of hydrogen-bond acceptors (Lipinski definition) is 8. The summed E-state index contributed by atoms with van der Waals surface area (Å²) in [7, 11) is -0.834. The number of sulfonamides is 1. The molecule has 11 heteroatoms. The molecule has 34 heavy (non-hydrogen) atoms. The van der Waals surface area contributed by atoms with Crippen LogP contribution >= 0.6 is 0 Å². The summed E-state index contributed by atoms with van der Waals surface area (Å²) in [5, 5.41) is 22.9. The lowest BCUT2D eigenvalue weighted by Gasteiger charge is -2.35. The van der Waals surface area contributed by atoms with Crippen molar-refractivity contribution in [3.8, 4) is 11.5 Å². The lowest BCUT2D eigenvalue weighted by Crippen LogP contribution is -2.39. The number of nitrogens with zero attached hydrogens (tertiary/aromatic N) is 3. The first-order valence-corrected chi connectivity index (χ1v) is 12.6. The highest BCUT2D eigenvalue weighted by atomic mass is 32.2. The SMILES string of the molecule is COc1ccc(OC)c2c1CN(c1ccc(S(=O)(=O)N3CCC[C@@H](C)C3)cc1[N+](=O)[O-])C[C@@H]2O. The molecule has 0 radical (unpaired) electrons. The van der Waals surface area contributed by atoms with E-state index >= 15 is 0 Å². The van der Waals surface area contributed by atoms with Gasteiger partial charge < -0.3 is 19.5 Å². The zero-order valence-corrected chi connectivity index (χ0v) is 20.2. The fourth-order valence-electron chi connectivity index (χ4n) is 4.85. The van der Waals surface area contributed by atoms with Crippen molar-refractivity contribution >= 4 is 21.4 Å². The molecule has 0 amide bonds. The minimum Gasteiger partial charge on any atom is -0.496 e. The zero-order chi connectivity index (χ0) is 24.6. The largest absolute Gasteiger partial charge is 0.496 e. The molecule has 0 aliphatic carbocycles. The monoisotopic (exact) mass is 491 g/mol. The number of benzene rings is 2. The van der Waals surface area contributed by atoms with Crippen molar-refractivity contribution in [2.24, 2.45) is 5.92 Å². The second-order valence-corrected chi connectivity index (χ2v) is 10.7. The highest BCUT2D eigenvalue weighted by Crippen LogP contribution is 2.43. The minimum atomic E-state index is -3.85. The van der Waals surface area contributed by atoms with Crippen LogP contribution in [-0.4, -0.2) is 56.6 Å². The van der Waals surface area contributed by atoms with Crippen molar-refractivity contribution in [1.29, 1.82) is 0 Å². The van der Waals surface area contributed by atoms with E-state index in [9.17, 15) is 23.6 Å². The van der Waals surface area contributed by atoms with Crippen molar-refractivity contribution in [2.45, 2.75) is 37.3 Å². The van der Waals surface area contributed by atoms with E-state index in [-0.39, 0.29) is 35.3 Å². The summed E-state index contributed by atoms with van der Waals surface area (Å²) in [6.45, 7) is 3.10. The van der Waals surface area contributed by atoms with Crippen molar-refractivity contribution in [2.75, 3.05) is 38.8 Å². The first-order chi connectivity index (χ1) is 16.2. The molecule has 0 spiro atoms. The third-order valence-electron chi connectivity index (χ3n) is 6.53. The second kappa shape index (κ2) is 9.40. The molecule has 2 aromatic rings. The van der Waals surface area contributed by atoms with Gasteiger partial charge in [0.25, 0.3) is 5.69 Å². The van der Waals surface area contributed by atoms with Crippen LogP contribution in [0.1, 0.15) is 37.0 Å². The Morgan fingerprint density at radius 1 is 1.12 bits per heavy atom. The summed E-state index contributed by atoms with van der Waals surface area (Å²) in [5.74, 6) is 1.27. The Bertz CT molecular complexity index is 1200. The standard InChI is InChI=1S/C23H29N3O7S/c1-15-5-4-10-25(12-15)34(30,31)16-6-7-18(19(11-16)26(28)29)24-13-17-21(32-2)8-9-22(33-3)23(17)20(27)14-24/h6-9,11,15,20,27H,4-5,10,12-14H2,1-3H3/t15-,20+/m1/s1. The predicted octanol–water partition coefficient (Wildman–Crippen LogP) is 3.09. The van der Waals surface area contributed by atoms with Gasteiger partial charge >= 0.3 is 0 Å². The van der Waals surface area contributed by atoms with Crippen LogP contribution < -0.4 is 14.4 Å². The Morgan fingerprint density at radius 2 is 1.82 bits per heavy atom. The maximum absolute atomic E-state index is 13.2. The van der Waals surface area contributed by atoms with Gasteiger partial charge in [0.05, 0.1) is 24.0 Å². The van der Waals surface area contributed by atoms with Crippen molar-refractivity contribution < 1.29 is 27.9 Å². The quantitative estimate of drug-likeness (QED) is 0.483. The third-order valence-corrected chi connectivity index (χ3v) is 8.39. The molecule has 2 aromatic carbocycles. The van der Waals surface area contributed by atoms with E-state index in [1.54, 1.807) is 17.0 Å². The number of anilines is 1. The summed E-state index contributed by atoms with van der Waals surface area (Å²) in [4.78, 5) is 13.0. The van der Waals surface area contributed by atoms with Gasteiger partial charge in [0.15, 0.2) is 0 Å². The summed E-state index contributed by atoms with van der Waals surface area (Å²) >= 11 is 0. The van der Waals surface area contributed by atoms with Crippen LogP contribution in [0.3, 0.4) is 0 Å². The first kappa shape index (κ1) is 24.2. The lowest BCUT2D eigenvalue weighted by atomic mass is 9.94. The van der Waals surface area contributed by atoms with Crippen LogP contribution in [0.5, 0.6) is 11.5 Å². The van der Waals surface area contributed by atoms with Crippen LogP contribution in [0, 0.1) is 16.0 Å². The summed E-state index contributed by atoms with van der Waals surface area (Å²) < 4.78 is 38.6. The zero-order valence-electron chi connectivity index (χ0n) is 19.4. The van der Waals surface area contributed by atoms with Gasteiger partial charge in [0.2, 0.25) is 10.0 Å². The Morgan fingerprint density at radius 3 is 2.47 bits per heavy atom. The number of ether oxygens (including phenoxy) is 2. The Balaban J connectivity index is 1.73. The van der Waals surface area contributed by atoms with Crippen LogP contribution in [0.4, 0.5) is 11.4 Å². The molecule has 2 aliphatic heterocycles. The normalized spacial score (nSPS) is 21.1. The Hall–Kier alpha value is -2.89. The average Bonchev–Trinajstić information content (AvgIpc) is 2.82. The maximum atomic E-state index is 13.2. The molecule has 4 rings (SSSR count). The van der Waals surface area contributed by atoms with Crippen LogP contribution in [-0.2, 0) is 16.6 Å². The smallest absolute Gasteiger partial charge is 0.293 e. The van der Waals surface area contributed by atoms with E-state index in [2.05, 4.69) is 0 Å². The van der Waals surface area contributed by atoms with E-state index in [0.29, 0.717) is 35.7 Å². The predicted molar refractivity (Wildman–Crippen MR) is 126 cm³/mol. The van der Waals surface area contributed by atoms with Crippen molar-refractivity contribution in [1.82, 2.24) is 4.31 Å². The summed E-state index contributed by atoms with van der Waals surface area (Å²) in [6, 6.07) is 7.40. The molecular weight excluding hydrogens is 462 g/mol. The fraction of sp³-hybridized carbons (Fsp3) is 0.478. The molecule has 10 nitrogen and oxygen atoms in total. The van der Waals surface area contributed by atoms with Gasteiger partial charge in [-0.3, -0.25) is 10.1 Å². The number of methoxy groups -OCH3 is 2. The topological polar surface area (TPSA) is 122 Å². The molecule has 0 aromatic heterocycles. The molecule has 184 valence electrons. The molecule has 1 saturated heterocycles. The average molecular weight is 492 g/mol. The number of aliphatic hydroxyl groups excluding tert-OH is 1. The van der Waals surface area contributed by atoms with Crippen molar-refractivity contribution in [3.63, 3.8) is 0 Å². The molecule has 2 atom stereocenters. The number of hydrogen-bond donors (Lipinski definition) is 1. The van der Waals surface area contributed by atoms with Gasteiger partial charge in [-0.1, -0.05) is 6.92 Å². The second-order valence-electron chi connectivity index (χ2n) is 8.78. The molecule has 0 saturated carbocycles. The van der Waals surface area contributed by atoms with E-state index in [1.807, 2.05) is 6.92 Å². The highest BCUT2D eigenvalue weighted by Gasteiger charge is 2.35. The maximum Gasteiger partial charge on any atom is 0.293 e. The van der Waals surface area contributed by atoms with Gasteiger partial charge in [-0.2, -0.15) is 4.31 Å². The van der Waals surface area contributed by atoms with E-state index < -0.39 is 21.1 Å². The lowest BCUT2D eigenvalue weighted by molar-refractivity contribution is -0.384. The van der Waals surface area contributed by atoms with Gasteiger partial charge in [-0.25, -0.2) is 8.42 Å². The number of nitro groups is 1. The minimum absolute atomic E-state index is 0.0765. The summed E-state index contributed by atoms with van der Waals surface area (Å²) in [5.41, 5.74) is 1.14. The van der Waals surface area contributed by atoms with Gasteiger partial charge in [-0.05, 0) is 43.0 Å². The number of fused-ring (bicyclic) bond motifs is 1. The highest BCUT2D eigenvalue weighted by molar-refractivity contribution is 7.89. The van der Waals surface area contributed by atoms with Crippen LogP contribution in [0.2, 0.25) is 0 Å².